The van der Waals surface area contributed by atoms with E-state index in [1.165, 1.54) is 19.1 Å². The third kappa shape index (κ3) is 3.22. The summed E-state index contributed by atoms with van der Waals surface area (Å²) in [5.41, 5.74) is 1.11. The minimum absolute atomic E-state index is 0.385. The van der Waals surface area contributed by atoms with Crippen molar-refractivity contribution in [2.75, 3.05) is 23.0 Å². The molecule has 0 spiro atoms. The van der Waals surface area contributed by atoms with Crippen LogP contribution in [0.3, 0.4) is 0 Å². The number of halogens is 1. The summed E-state index contributed by atoms with van der Waals surface area (Å²) in [6.07, 6.45) is 3.71. The highest BCUT2D eigenvalue weighted by Crippen LogP contribution is 2.31. The molecule has 0 radical (unpaired) electrons. The maximum Gasteiger partial charge on any atom is 0.175 e. The SMILES string of the molecule is CS(=O)(=O)c1ccc(N(CCBr)C2CC2)cc1. The number of anilines is 1. The molecule has 0 aliphatic heterocycles. The number of rotatable bonds is 5. The van der Waals surface area contributed by atoms with E-state index in [2.05, 4.69) is 20.8 Å². The third-order valence-corrected chi connectivity index (χ3v) is 4.39. The van der Waals surface area contributed by atoms with Crippen LogP contribution in [-0.4, -0.2) is 32.6 Å². The molecule has 17 heavy (non-hydrogen) atoms. The topological polar surface area (TPSA) is 37.4 Å². The van der Waals surface area contributed by atoms with Crippen LogP contribution in [0.5, 0.6) is 0 Å². The van der Waals surface area contributed by atoms with Gasteiger partial charge in [-0.3, -0.25) is 0 Å². The molecule has 0 bridgehead atoms. The molecule has 94 valence electrons. The fourth-order valence-electron chi connectivity index (χ4n) is 1.88. The van der Waals surface area contributed by atoms with Crippen LogP contribution < -0.4 is 4.90 Å². The van der Waals surface area contributed by atoms with Crippen molar-refractivity contribution in [2.45, 2.75) is 23.8 Å². The van der Waals surface area contributed by atoms with Crippen molar-refractivity contribution in [1.29, 1.82) is 0 Å². The van der Waals surface area contributed by atoms with Crippen LogP contribution in [-0.2, 0) is 9.84 Å². The van der Waals surface area contributed by atoms with Gasteiger partial charge in [-0.25, -0.2) is 8.42 Å². The number of hydrogen-bond acceptors (Lipinski definition) is 3. The number of nitrogens with zero attached hydrogens (tertiary/aromatic N) is 1. The highest BCUT2D eigenvalue weighted by molar-refractivity contribution is 9.09. The second kappa shape index (κ2) is 4.98. The van der Waals surface area contributed by atoms with Crippen LogP contribution in [0, 0.1) is 0 Å². The van der Waals surface area contributed by atoms with Crippen molar-refractivity contribution in [3.05, 3.63) is 24.3 Å². The average Bonchev–Trinajstić information content (AvgIpc) is 3.09. The van der Waals surface area contributed by atoms with E-state index in [1.54, 1.807) is 12.1 Å². The zero-order chi connectivity index (χ0) is 12.5. The van der Waals surface area contributed by atoms with Gasteiger partial charge < -0.3 is 4.90 Å². The van der Waals surface area contributed by atoms with Crippen LogP contribution in [0.2, 0.25) is 0 Å². The Kier molecular flexibility index (Phi) is 3.78. The molecule has 0 aromatic heterocycles. The maximum atomic E-state index is 11.4. The van der Waals surface area contributed by atoms with E-state index < -0.39 is 9.84 Å². The third-order valence-electron chi connectivity index (χ3n) is 2.91. The van der Waals surface area contributed by atoms with E-state index in [0.717, 1.165) is 17.6 Å². The summed E-state index contributed by atoms with van der Waals surface area (Å²) in [5.74, 6) is 0. The molecule has 0 atom stereocenters. The number of sulfone groups is 1. The Morgan fingerprint density at radius 3 is 2.29 bits per heavy atom. The monoisotopic (exact) mass is 317 g/mol. The molecule has 1 aromatic carbocycles. The first-order valence-corrected chi connectivity index (χ1v) is 8.66. The van der Waals surface area contributed by atoms with Gasteiger partial charge in [-0.15, -0.1) is 0 Å². The first-order chi connectivity index (χ1) is 8.02. The molecule has 1 aliphatic carbocycles. The Morgan fingerprint density at radius 2 is 1.88 bits per heavy atom. The predicted molar refractivity (Wildman–Crippen MR) is 73.7 cm³/mol. The number of alkyl halides is 1. The Hall–Kier alpha value is -0.550. The van der Waals surface area contributed by atoms with Crippen molar-refractivity contribution in [3.63, 3.8) is 0 Å². The van der Waals surface area contributed by atoms with Crippen molar-refractivity contribution in [2.24, 2.45) is 0 Å². The molecule has 1 saturated carbocycles. The fraction of sp³-hybridized carbons (Fsp3) is 0.500. The summed E-state index contributed by atoms with van der Waals surface area (Å²) < 4.78 is 22.7. The lowest BCUT2D eigenvalue weighted by atomic mass is 10.3. The molecule has 1 aliphatic rings. The fourth-order valence-corrected chi connectivity index (χ4v) is 2.90. The van der Waals surface area contributed by atoms with Gasteiger partial charge in [-0.1, -0.05) is 15.9 Å². The maximum absolute atomic E-state index is 11.4. The summed E-state index contributed by atoms with van der Waals surface area (Å²) in [6, 6.07) is 7.81. The Morgan fingerprint density at radius 1 is 1.29 bits per heavy atom. The zero-order valence-corrected chi connectivity index (χ0v) is 12.2. The molecule has 0 N–H and O–H groups in total. The molecule has 1 aromatic rings. The van der Waals surface area contributed by atoms with Gasteiger partial charge in [-0.05, 0) is 37.1 Å². The van der Waals surface area contributed by atoms with Gasteiger partial charge in [0.15, 0.2) is 9.84 Å². The lowest BCUT2D eigenvalue weighted by Gasteiger charge is -2.23. The first kappa shape index (κ1) is 12.9. The minimum atomic E-state index is -3.09. The molecular formula is C12H16BrNO2S. The minimum Gasteiger partial charge on any atom is -0.368 e. The second-order valence-electron chi connectivity index (χ2n) is 4.38. The van der Waals surface area contributed by atoms with E-state index in [4.69, 9.17) is 0 Å². The molecule has 0 unspecified atom stereocenters. The van der Waals surface area contributed by atoms with Gasteiger partial charge in [0, 0.05) is 29.9 Å². The van der Waals surface area contributed by atoms with Crippen molar-refractivity contribution in [1.82, 2.24) is 0 Å². The van der Waals surface area contributed by atoms with Crippen LogP contribution >= 0.6 is 15.9 Å². The average molecular weight is 318 g/mol. The zero-order valence-electron chi connectivity index (χ0n) is 9.77. The van der Waals surface area contributed by atoms with E-state index >= 15 is 0 Å². The Bertz CT molecular complexity index is 480. The van der Waals surface area contributed by atoms with E-state index in [1.807, 2.05) is 12.1 Å². The van der Waals surface area contributed by atoms with Gasteiger partial charge in [0.25, 0.3) is 0 Å². The van der Waals surface area contributed by atoms with Crippen LogP contribution in [0.4, 0.5) is 5.69 Å². The quantitative estimate of drug-likeness (QED) is 0.783. The lowest BCUT2D eigenvalue weighted by Crippen LogP contribution is -2.27. The van der Waals surface area contributed by atoms with Gasteiger partial charge in [0.2, 0.25) is 0 Å². The van der Waals surface area contributed by atoms with Crippen molar-refractivity contribution >= 4 is 31.5 Å². The summed E-state index contributed by atoms with van der Waals surface area (Å²) in [6.45, 7) is 0.961. The Labute approximate surface area is 111 Å². The standard InChI is InChI=1S/C12H16BrNO2S/c1-17(15,16)12-6-4-11(5-7-12)14(9-8-13)10-2-3-10/h4-7,10H,2-3,8-9H2,1H3. The molecule has 0 heterocycles. The van der Waals surface area contributed by atoms with Gasteiger partial charge in [0.05, 0.1) is 4.90 Å². The van der Waals surface area contributed by atoms with Gasteiger partial charge in [-0.2, -0.15) is 0 Å². The van der Waals surface area contributed by atoms with Gasteiger partial charge in [0.1, 0.15) is 0 Å². The van der Waals surface area contributed by atoms with Crippen molar-refractivity contribution in [3.8, 4) is 0 Å². The van der Waals surface area contributed by atoms with E-state index in [-0.39, 0.29) is 0 Å². The largest absolute Gasteiger partial charge is 0.368 e. The lowest BCUT2D eigenvalue weighted by molar-refractivity contribution is 0.602. The van der Waals surface area contributed by atoms with Gasteiger partial charge >= 0.3 is 0 Å². The van der Waals surface area contributed by atoms with E-state index in [9.17, 15) is 8.42 Å². The van der Waals surface area contributed by atoms with Crippen LogP contribution in [0.15, 0.2) is 29.2 Å². The summed E-state index contributed by atoms with van der Waals surface area (Å²) in [4.78, 5) is 2.72. The highest BCUT2D eigenvalue weighted by Gasteiger charge is 2.28. The first-order valence-electron chi connectivity index (χ1n) is 5.65. The number of benzene rings is 1. The van der Waals surface area contributed by atoms with Crippen LogP contribution in [0.1, 0.15) is 12.8 Å². The summed E-state index contributed by atoms with van der Waals surface area (Å²) in [5, 5.41) is 0.928. The normalized spacial score (nSPS) is 15.9. The molecular weight excluding hydrogens is 302 g/mol. The van der Waals surface area contributed by atoms with E-state index in [0.29, 0.717) is 10.9 Å². The summed E-state index contributed by atoms with van der Waals surface area (Å²) >= 11 is 3.45. The Balaban J connectivity index is 2.21. The summed E-state index contributed by atoms with van der Waals surface area (Å²) in [7, 11) is -3.09. The molecule has 5 heteroatoms. The predicted octanol–water partition coefficient (Wildman–Crippen LogP) is 2.45. The molecule has 1 fully saturated rings. The smallest absolute Gasteiger partial charge is 0.175 e. The molecule has 0 amide bonds. The van der Waals surface area contributed by atoms with Crippen LogP contribution in [0.25, 0.3) is 0 Å². The molecule has 0 saturated heterocycles. The number of hydrogen-bond donors (Lipinski definition) is 0. The highest BCUT2D eigenvalue weighted by atomic mass is 79.9. The van der Waals surface area contributed by atoms with Crippen molar-refractivity contribution < 1.29 is 8.42 Å². The second-order valence-corrected chi connectivity index (χ2v) is 7.19. The molecule has 2 rings (SSSR count). The molecule has 3 nitrogen and oxygen atoms in total.